The van der Waals surface area contributed by atoms with Crippen molar-refractivity contribution >= 4 is 10.8 Å². The molecule has 0 N–H and O–H groups in total. The van der Waals surface area contributed by atoms with Gasteiger partial charge in [-0.25, -0.2) is 4.21 Å². The van der Waals surface area contributed by atoms with Crippen LogP contribution in [0.4, 0.5) is 0 Å². The predicted molar refractivity (Wildman–Crippen MR) is 69.3 cm³/mol. The minimum Gasteiger partial charge on any atom is 0 e. The second-order valence-electron chi connectivity index (χ2n) is 2.89. The first-order valence-electron chi connectivity index (χ1n) is 5.01. The Balaban J connectivity index is -0.000000414. The topological polar surface area (TPSA) is 76.8 Å². The van der Waals surface area contributed by atoms with Crippen LogP contribution in [0.3, 0.4) is 0 Å². The Bertz CT molecular complexity index is 494. The summed E-state index contributed by atoms with van der Waals surface area (Å²) in [6.07, 6.45) is 0. The van der Waals surface area contributed by atoms with Gasteiger partial charge in [-0.1, -0.05) is 36.4 Å². The third kappa shape index (κ3) is 9.81. The van der Waals surface area contributed by atoms with E-state index in [1.807, 2.05) is 60.7 Å². The monoisotopic (exact) mass is 338 g/mol. The van der Waals surface area contributed by atoms with Crippen LogP contribution < -0.4 is 0 Å². The Kier molecular flexibility index (Phi) is 21.3. The summed E-state index contributed by atoms with van der Waals surface area (Å²) >= 11 is 0. The molecule has 2 aromatic rings. The predicted octanol–water partition coefficient (Wildman–Crippen LogP) is 2.74. The standard InChI is InChI=1S/C12H10OS.3CO.Cr/c13-14(11-7-3-1-4-8-11)12-9-5-2-6-10-12;3*1-2;/h1-10H;;;;. The van der Waals surface area contributed by atoms with Crippen LogP contribution in [0.15, 0.2) is 70.5 Å². The van der Waals surface area contributed by atoms with E-state index in [2.05, 4.69) is 20.0 Å². The second-order valence-corrected chi connectivity index (χ2v) is 4.38. The number of hydrogen-bond acceptors (Lipinski definition) is 1. The smallest absolute Gasteiger partial charge is 0 e. The summed E-state index contributed by atoms with van der Waals surface area (Å²) in [4.78, 5) is 1.69. The van der Waals surface area contributed by atoms with E-state index in [9.17, 15) is 4.21 Å². The quantitative estimate of drug-likeness (QED) is 0.613. The van der Waals surface area contributed by atoms with Gasteiger partial charge < -0.3 is 0 Å². The van der Waals surface area contributed by atoms with Crippen LogP contribution in [0, 0.1) is 20.0 Å². The zero-order chi connectivity index (χ0) is 15.8. The van der Waals surface area contributed by atoms with E-state index in [0.717, 1.165) is 9.79 Å². The summed E-state index contributed by atoms with van der Waals surface area (Å²) < 4.78 is 34.5. The van der Waals surface area contributed by atoms with Crippen LogP contribution in [0.5, 0.6) is 0 Å². The Labute approximate surface area is 136 Å². The molecule has 4 nitrogen and oxygen atoms in total. The van der Waals surface area contributed by atoms with Crippen molar-refractivity contribution in [3.63, 3.8) is 0 Å². The third-order valence-electron chi connectivity index (χ3n) is 1.91. The first-order chi connectivity index (χ1) is 9.88. The summed E-state index contributed by atoms with van der Waals surface area (Å²) in [6, 6.07) is 19.0. The molecule has 0 fully saturated rings. The van der Waals surface area contributed by atoms with Gasteiger partial charge in [0, 0.05) is 27.2 Å². The first kappa shape index (κ1) is 24.4. The van der Waals surface area contributed by atoms with Crippen molar-refractivity contribution in [1.29, 1.82) is 0 Å². The molecule has 106 valence electrons. The molecule has 0 saturated heterocycles. The largest absolute Gasteiger partial charge is 0 e. The summed E-state index contributed by atoms with van der Waals surface area (Å²) in [5, 5.41) is 0. The van der Waals surface area contributed by atoms with Gasteiger partial charge in [-0.3, -0.25) is 0 Å². The van der Waals surface area contributed by atoms with E-state index in [1.54, 1.807) is 0 Å². The molecule has 0 aliphatic carbocycles. The van der Waals surface area contributed by atoms with Crippen LogP contribution in [-0.4, -0.2) is 4.21 Å². The Morgan fingerprint density at radius 2 is 0.857 bits per heavy atom. The molecule has 0 saturated carbocycles. The van der Waals surface area contributed by atoms with Gasteiger partial charge in [0.1, 0.15) is 0 Å². The van der Waals surface area contributed by atoms with Gasteiger partial charge in [-0.15, -0.1) is 0 Å². The molecule has 6 heteroatoms. The fourth-order valence-corrected chi connectivity index (χ4v) is 2.31. The number of rotatable bonds is 2. The zero-order valence-corrected chi connectivity index (χ0v) is 12.8. The maximum absolute atomic E-state index is 12.0. The average molecular weight is 338 g/mol. The van der Waals surface area contributed by atoms with E-state index in [0.29, 0.717) is 0 Å². The van der Waals surface area contributed by atoms with Gasteiger partial charge in [0.15, 0.2) is 0 Å². The van der Waals surface area contributed by atoms with Crippen molar-refractivity contribution in [3.8, 4) is 0 Å². The molecule has 0 spiro atoms. The van der Waals surface area contributed by atoms with Crippen molar-refractivity contribution in [1.82, 2.24) is 0 Å². The molecular weight excluding hydrogens is 328 g/mol. The maximum Gasteiger partial charge on any atom is 0 e. The first-order valence-corrected chi connectivity index (χ1v) is 6.16. The minimum atomic E-state index is -1.05. The summed E-state index contributed by atoms with van der Waals surface area (Å²) in [5.41, 5.74) is 0. The maximum atomic E-state index is 12.0. The van der Waals surface area contributed by atoms with Crippen LogP contribution in [0.2, 0.25) is 0 Å². The fraction of sp³-hybridized carbons (Fsp3) is 0. The van der Waals surface area contributed by atoms with Gasteiger partial charge in [0.05, 0.1) is 10.8 Å². The van der Waals surface area contributed by atoms with E-state index in [1.165, 1.54) is 0 Å². The van der Waals surface area contributed by atoms with Gasteiger partial charge in [0.25, 0.3) is 0 Å². The van der Waals surface area contributed by atoms with E-state index in [-0.39, 0.29) is 17.4 Å². The van der Waals surface area contributed by atoms with Crippen LogP contribution in [0.25, 0.3) is 0 Å². The molecule has 0 atom stereocenters. The van der Waals surface area contributed by atoms with Crippen molar-refractivity contribution in [2.75, 3.05) is 0 Å². The zero-order valence-electron chi connectivity index (χ0n) is 10.7. The molecule has 0 heterocycles. The summed E-state index contributed by atoms with van der Waals surface area (Å²) in [7, 11) is -1.05. The third-order valence-corrected chi connectivity index (χ3v) is 3.32. The molecule has 0 bridgehead atoms. The number of hydrogen-bond donors (Lipinski definition) is 0. The molecule has 0 aliphatic heterocycles. The van der Waals surface area contributed by atoms with Crippen LogP contribution >= 0.6 is 0 Å². The average Bonchev–Trinajstić information content (AvgIpc) is 2.61. The van der Waals surface area contributed by atoms with Crippen LogP contribution in [-0.2, 0) is 42.1 Å². The van der Waals surface area contributed by atoms with E-state index < -0.39 is 10.8 Å². The van der Waals surface area contributed by atoms with Gasteiger partial charge in [0.2, 0.25) is 0 Å². The van der Waals surface area contributed by atoms with Gasteiger partial charge >= 0.3 is 33.9 Å². The molecular formula is C15H10CrO4S. The normalized spacial score (nSPS) is 7.19. The Morgan fingerprint density at radius 3 is 1.10 bits per heavy atom. The van der Waals surface area contributed by atoms with Crippen molar-refractivity contribution in [2.24, 2.45) is 0 Å². The molecule has 2 rings (SSSR count). The van der Waals surface area contributed by atoms with Gasteiger partial charge in [-0.2, -0.15) is 0 Å². The molecule has 0 radical (unpaired) electrons. The minimum absolute atomic E-state index is 0. The molecule has 0 aliphatic rings. The van der Waals surface area contributed by atoms with Crippen molar-refractivity contribution in [2.45, 2.75) is 9.79 Å². The summed E-state index contributed by atoms with van der Waals surface area (Å²) in [6.45, 7) is 13.5. The Morgan fingerprint density at radius 1 is 0.619 bits per heavy atom. The van der Waals surface area contributed by atoms with Crippen molar-refractivity contribution < 1.29 is 35.5 Å². The van der Waals surface area contributed by atoms with Gasteiger partial charge in [-0.05, 0) is 24.3 Å². The molecule has 0 aromatic heterocycles. The molecule has 21 heavy (non-hydrogen) atoms. The SMILES string of the molecule is O=S(c1ccccc1)c1ccccc1.[C-]#[O+].[C-]#[O+].[C-]#[O+].[Cr]. The van der Waals surface area contributed by atoms with Crippen LogP contribution in [0.1, 0.15) is 0 Å². The Hall–Kier alpha value is -1.66. The second kappa shape index (κ2) is 18.3. The fourth-order valence-electron chi connectivity index (χ4n) is 1.22. The molecule has 0 amide bonds. The van der Waals surface area contributed by atoms with E-state index in [4.69, 9.17) is 14.0 Å². The number of benzene rings is 2. The van der Waals surface area contributed by atoms with E-state index >= 15 is 0 Å². The summed E-state index contributed by atoms with van der Waals surface area (Å²) in [5.74, 6) is 0. The van der Waals surface area contributed by atoms with Crippen molar-refractivity contribution in [3.05, 3.63) is 80.6 Å². The molecule has 2 aromatic carbocycles. The molecule has 0 unspecified atom stereocenters.